The molecule has 0 saturated heterocycles. The van der Waals surface area contributed by atoms with E-state index in [0.29, 0.717) is 0 Å². The quantitative estimate of drug-likeness (QED) is 0.839. The Hall–Kier alpha value is -1.28. The molecule has 2 heteroatoms. The highest BCUT2D eigenvalue weighted by Crippen LogP contribution is 2.34. The summed E-state index contributed by atoms with van der Waals surface area (Å²) in [6.07, 6.45) is 1.90. The largest absolute Gasteiger partial charge is 0.464 e. The molecule has 0 radical (unpaired) electrons. The first-order chi connectivity index (χ1) is 9.08. The number of benzene rings is 1. The summed E-state index contributed by atoms with van der Waals surface area (Å²) in [7, 11) is 0. The van der Waals surface area contributed by atoms with Gasteiger partial charge in [-0.2, -0.15) is 0 Å². The lowest BCUT2D eigenvalue weighted by Crippen LogP contribution is -2.34. The Labute approximate surface area is 122 Å². The predicted octanol–water partition coefficient (Wildman–Crippen LogP) is 4.93. The number of hydrogen-bond donors (Lipinski definition) is 1. The highest BCUT2D eigenvalue weighted by atomic mass is 16.3. The maximum atomic E-state index is 5.89. The van der Waals surface area contributed by atoms with Gasteiger partial charge >= 0.3 is 0 Å². The molecule has 0 aliphatic heterocycles. The van der Waals surface area contributed by atoms with E-state index in [4.69, 9.17) is 4.42 Å². The molecule has 0 spiro atoms. The molecule has 0 amide bonds. The van der Waals surface area contributed by atoms with Crippen molar-refractivity contribution in [2.24, 2.45) is 0 Å². The Morgan fingerprint density at radius 1 is 1.05 bits per heavy atom. The van der Waals surface area contributed by atoms with Gasteiger partial charge in [0.1, 0.15) is 5.58 Å². The molecule has 0 atom stereocenters. The third-order valence-electron chi connectivity index (χ3n) is 3.52. The Bertz CT molecular complexity index is 609. The fourth-order valence-electron chi connectivity index (χ4n) is 2.39. The number of rotatable bonds is 2. The van der Waals surface area contributed by atoms with Gasteiger partial charge in [-0.15, -0.1) is 0 Å². The van der Waals surface area contributed by atoms with Crippen LogP contribution in [0.25, 0.3) is 11.0 Å². The lowest BCUT2D eigenvalue weighted by molar-refractivity contribution is 0.423. The topological polar surface area (TPSA) is 25.2 Å². The lowest BCUT2D eigenvalue weighted by atomic mass is 9.85. The molecule has 20 heavy (non-hydrogen) atoms. The standard InChI is InChI=1S/C18H27NO/c1-12-8-14-13(10-19-18(5,6)7)11-20-16(14)15(9-12)17(2,3)4/h8-9,11,19H,10H2,1-7H3. The van der Waals surface area contributed by atoms with Crippen molar-refractivity contribution in [1.29, 1.82) is 0 Å². The van der Waals surface area contributed by atoms with Crippen molar-refractivity contribution < 1.29 is 4.42 Å². The summed E-state index contributed by atoms with van der Waals surface area (Å²) in [6.45, 7) is 16.2. The second kappa shape index (κ2) is 4.92. The zero-order valence-corrected chi connectivity index (χ0v) is 13.8. The second-order valence-electron chi connectivity index (χ2n) is 7.80. The van der Waals surface area contributed by atoms with E-state index in [-0.39, 0.29) is 11.0 Å². The summed E-state index contributed by atoms with van der Waals surface area (Å²) in [5.41, 5.74) is 5.06. The Balaban J connectivity index is 2.48. The Kier molecular flexibility index (Phi) is 3.72. The number of fused-ring (bicyclic) bond motifs is 1. The van der Waals surface area contributed by atoms with Crippen molar-refractivity contribution in [1.82, 2.24) is 5.32 Å². The third-order valence-corrected chi connectivity index (χ3v) is 3.52. The van der Waals surface area contributed by atoms with Gasteiger partial charge in [0.25, 0.3) is 0 Å². The SMILES string of the molecule is Cc1cc(C(C)(C)C)c2occ(CNC(C)(C)C)c2c1. The van der Waals surface area contributed by atoms with Crippen LogP contribution in [0.15, 0.2) is 22.8 Å². The van der Waals surface area contributed by atoms with E-state index >= 15 is 0 Å². The van der Waals surface area contributed by atoms with Crippen LogP contribution in [-0.2, 0) is 12.0 Å². The highest BCUT2D eigenvalue weighted by Gasteiger charge is 2.21. The van der Waals surface area contributed by atoms with Crippen LogP contribution in [0.1, 0.15) is 58.2 Å². The predicted molar refractivity (Wildman–Crippen MR) is 86.2 cm³/mol. The minimum Gasteiger partial charge on any atom is -0.464 e. The molecule has 1 heterocycles. The zero-order valence-electron chi connectivity index (χ0n) is 13.8. The second-order valence-corrected chi connectivity index (χ2v) is 7.80. The minimum absolute atomic E-state index is 0.0941. The molecule has 2 aromatic rings. The summed E-state index contributed by atoms with van der Waals surface area (Å²) < 4.78 is 5.89. The molecule has 0 aliphatic carbocycles. The van der Waals surface area contributed by atoms with Crippen molar-refractivity contribution in [2.75, 3.05) is 0 Å². The lowest BCUT2D eigenvalue weighted by Gasteiger charge is -2.21. The van der Waals surface area contributed by atoms with Crippen LogP contribution < -0.4 is 5.32 Å². The molecular weight excluding hydrogens is 246 g/mol. The summed E-state index contributed by atoms with van der Waals surface area (Å²) >= 11 is 0. The van der Waals surface area contributed by atoms with E-state index in [9.17, 15) is 0 Å². The van der Waals surface area contributed by atoms with Gasteiger partial charge in [-0.3, -0.25) is 0 Å². The average molecular weight is 273 g/mol. The van der Waals surface area contributed by atoms with E-state index in [1.165, 1.54) is 22.1 Å². The van der Waals surface area contributed by atoms with Crippen molar-refractivity contribution in [3.05, 3.63) is 35.1 Å². The number of furan rings is 1. The van der Waals surface area contributed by atoms with E-state index in [1.807, 2.05) is 6.26 Å². The molecule has 2 rings (SSSR count). The van der Waals surface area contributed by atoms with Crippen LogP contribution in [0.3, 0.4) is 0 Å². The van der Waals surface area contributed by atoms with E-state index in [0.717, 1.165) is 12.1 Å². The van der Waals surface area contributed by atoms with Gasteiger partial charge < -0.3 is 9.73 Å². The number of aryl methyl sites for hydroxylation is 1. The van der Waals surface area contributed by atoms with Crippen molar-refractivity contribution in [3.63, 3.8) is 0 Å². The van der Waals surface area contributed by atoms with Crippen LogP contribution in [0.4, 0.5) is 0 Å². The minimum atomic E-state index is 0.0941. The number of hydrogen-bond acceptors (Lipinski definition) is 2. The van der Waals surface area contributed by atoms with Crippen LogP contribution in [0.2, 0.25) is 0 Å². The van der Waals surface area contributed by atoms with E-state index < -0.39 is 0 Å². The van der Waals surface area contributed by atoms with Gasteiger partial charge in [0.15, 0.2) is 0 Å². The first-order valence-electron chi connectivity index (χ1n) is 7.34. The molecule has 0 bridgehead atoms. The van der Waals surface area contributed by atoms with Crippen LogP contribution in [0.5, 0.6) is 0 Å². The molecule has 0 unspecified atom stereocenters. The number of nitrogens with one attached hydrogen (secondary N) is 1. The summed E-state index contributed by atoms with van der Waals surface area (Å²) in [5.74, 6) is 0. The van der Waals surface area contributed by atoms with Gasteiger partial charge in [-0.25, -0.2) is 0 Å². The van der Waals surface area contributed by atoms with Crippen molar-refractivity contribution in [3.8, 4) is 0 Å². The summed E-state index contributed by atoms with van der Waals surface area (Å²) in [4.78, 5) is 0. The van der Waals surface area contributed by atoms with Crippen LogP contribution in [0, 0.1) is 6.92 Å². The summed E-state index contributed by atoms with van der Waals surface area (Å²) in [5, 5.41) is 4.78. The molecule has 0 saturated carbocycles. The van der Waals surface area contributed by atoms with E-state index in [2.05, 4.69) is 65.9 Å². The van der Waals surface area contributed by atoms with Gasteiger partial charge in [0.2, 0.25) is 0 Å². The van der Waals surface area contributed by atoms with Gasteiger partial charge in [-0.1, -0.05) is 26.8 Å². The molecule has 1 N–H and O–H groups in total. The summed E-state index contributed by atoms with van der Waals surface area (Å²) in [6, 6.07) is 4.47. The van der Waals surface area contributed by atoms with Crippen LogP contribution in [-0.4, -0.2) is 5.54 Å². The Morgan fingerprint density at radius 3 is 2.25 bits per heavy atom. The maximum absolute atomic E-state index is 5.89. The third kappa shape index (κ3) is 3.24. The molecule has 110 valence electrons. The maximum Gasteiger partial charge on any atom is 0.137 e. The normalized spacial score (nSPS) is 13.2. The fourth-order valence-corrected chi connectivity index (χ4v) is 2.39. The highest BCUT2D eigenvalue weighted by molar-refractivity contribution is 5.85. The smallest absolute Gasteiger partial charge is 0.137 e. The molecule has 2 nitrogen and oxygen atoms in total. The molecular formula is C18H27NO. The van der Waals surface area contributed by atoms with Crippen molar-refractivity contribution in [2.45, 2.75) is 66.0 Å². The average Bonchev–Trinajstić information content (AvgIpc) is 2.65. The van der Waals surface area contributed by atoms with Crippen LogP contribution >= 0.6 is 0 Å². The fraction of sp³-hybridized carbons (Fsp3) is 0.556. The van der Waals surface area contributed by atoms with Gasteiger partial charge in [-0.05, 0) is 44.7 Å². The van der Waals surface area contributed by atoms with Gasteiger partial charge in [0, 0.05) is 28.6 Å². The van der Waals surface area contributed by atoms with Gasteiger partial charge in [0.05, 0.1) is 6.26 Å². The molecule has 1 aromatic carbocycles. The monoisotopic (exact) mass is 273 g/mol. The van der Waals surface area contributed by atoms with E-state index in [1.54, 1.807) is 0 Å². The molecule has 0 aliphatic rings. The first kappa shape index (κ1) is 15.1. The molecule has 1 aromatic heterocycles. The zero-order chi connectivity index (χ0) is 15.1. The molecule has 0 fully saturated rings. The first-order valence-corrected chi connectivity index (χ1v) is 7.34. The Morgan fingerprint density at radius 2 is 1.70 bits per heavy atom. The van der Waals surface area contributed by atoms with Crippen molar-refractivity contribution >= 4 is 11.0 Å².